The Morgan fingerprint density at radius 1 is 0.870 bits per heavy atom. The van der Waals surface area contributed by atoms with Gasteiger partial charge < -0.3 is 58.7 Å². The fourth-order valence-corrected chi connectivity index (χ4v) is 12.9. The number of rotatable bonds is 6. The summed E-state index contributed by atoms with van der Waals surface area (Å²) in [5.41, 5.74) is -0.0689. The van der Waals surface area contributed by atoms with Crippen molar-refractivity contribution in [1.29, 1.82) is 0 Å². The van der Waals surface area contributed by atoms with Gasteiger partial charge in [0.2, 0.25) is 0 Å². The molecule has 306 valence electrons. The van der Waals surface area contributed by atoms with Crippen molar-refractivity contribution in [2.24, 2.45) is 52.3 Å². The second-order valence-corrected chi connectivity index (χ2v) is 18.8. The zero-order valence-electron chi connectivity index (χ0n) is 32.3. The van der Waals surface area contributed by atoms with Crippen LogP contribution in [-0.2, 0) is 42.7 Å². The van der Waals surface area contributed by atoms with E-state index in [0.717, 1.165) is 52.1 Å². The molecule has 5 N–H and O–H groups in total. The minimum Gasteiger partial charge on any atom is -0.454 e. The zero-order chi connectivity index (χ0) is 38.5. The first-order valence-electron chi connectivity index (χ1n) is 20.5. The number of ketones is 1. The number of Topliss-reactive ketones (excluding diaryl/α,β-unsaturated/α-hetero) is 1. The first kappa shape index (κ1) is 39.5. The number of esters is 1. The van der Waals surface area contributed by atoms with E-state index in [4.69, 9.17) is 33.2 Å². The topological polar surface area (TPSA) is 200 Å². The predicted octanol–water partition coefficient (Wildman–Crippen LogP) is 1.83. The number of hydrogen-bond acceptors (Lipinski definition) is 14. The number of hydrogen-bond donors (Lipinski definition) is 5. The molecular weight excluding hydrogens is 704 g/mol. The molecule has 54 heavy (non-hydrogen) atoms. The molecule has 0 aromatic carbocycles. The van der Waals surface area contributed by atoms with Gasteiger partial charge in [-0.1, -0.05) is 27.7 Å². The lowest BCUT2D eigenvalue weighted by molar-refractivity contribution is -0.330. The molecule has 4 aliphatic heterocycles. The fraction of sp³-hybridized carbons (Fsp3) is 0.950. The van der Waals surface area contributed by atoms with Crippen LogP contribution in [0.3, 0.4) is 0 Å². The van der Waals surface area contributed by atoms with Crippen molar-refractivity contribution >= 4 is 11.8 Å². The Kier molecular flexibility index (Phi) is 10.6. The van der Waals surface area contributed by atoms with Crippen LogP contribution in [0.15, 0.2) is 0 Å². The van der Waals surface area contributed by atoms with Crippen molar-refractivity contribution in [2.45, 2.75) is 166 Å². The summed E-state index contributed by atoms with van der Waals surface area (Å²) >= 11 is 0. The molecule has 8 aliphatic rings. The molecule has 0 unspecified atom stereocenters. The molecule has 4 heterocycles. The average Bonchev–Trinajstić information content (AvgIpc) is 3.58. The molecule has 1 spiro atoms. The number of aliphatic hydroxyl groups excluding tert-OH is 5. The summed E-state index contributed by atoms with van der Waals surface area (Å²) < 4.78 is 42.0. The molecule has 14 heteroatoms. The van der Waals surface area contributed by atoms with Crippen molar-refractivity contribution in [3.8, 4) is 0 Å². The molecular formula is C40H62O14. The number of fused-ring (bicyclic) bond motifs is 7. The van der Waals surface area contributed by atoms with E-state index in [1.807, 2.05) is 0 Å². The molecule has 8 fully saturated rings. The quantitative estimate of drug-likeness (QED) is 0.194. The molecule has 4 aliphatic carbocycles. The summed E-state index contributed by atoms with van der Waals surface area (Å²) in [6, 6.07) is 0. The molecule has 0 aromatic heterocycles. The third kappa shape index (κ3) is 6.42. The highest BCUT2D eigenvalue weighted by Gasteiger charge is 2.70. The van der Waals surface area contributed by atoms with E-state index >= 15 is 0 Å². The minimum absolute atomic E-state index is 0.108. The highest BCUT2D eigenvalue weighted by Crippen LogP contribution is 2.71. The summed E-state index contributed by atoms with van der Waals surface area (Å²) in [5.74, 6) is 1.37. The normalized spacial score (nSPS) is 55.8. The van der Waals surface area contributed by atoms with Crippen LogP contribution in [0.1, 0.15) is 92.4 Å². The fourth-order valence-electron chi connectivity index (χ4n) is 12.9. The standard InChI is InChI=1S/C40H62O14/c1-18-6-11-40(50-15-18)19(2)30-28(54-40)14-24-22-13-26(42)25-12-21(7-9-38(25,4)23(22)8-10-39(24,30)5)52-36-34(47)33(46)32(45)29(53-36)17-49-37-35(51-20(3)41)31(44)27(43)16-48-37/h18-19,21-25,27-37,43-47H,6-17H2,1-5H3/t18-,19+,21+,22-,23+,24+,25-,27+,28+,29-,30+,31+,32-,33+,34-,35-,36-,37+,38-,39+,40-/m1/s1. The van der Waals surface area contributed by atoms with Gasteiger partial charge >= 0.3 is 5.97 Å². The van der Waals surface area contributed by atoms with Gasteiger partial charge in [0.25, 0.3) is 0 Å². The van der Waals surface area contributed by atoms with Crippen molar-refractivity contribution < 1.29 is 68.3 Å². The van der Waals surface area contributed by atoms with Gasteiger partial charge in [0.05, 0.1) is 32.0 Å². The van der Waals surface area contributed by atoms with Gasteiger partial charge in [-0.15, -0.1) is 0 Å². The average molecular weight is 767 g/mol. The Morgan fingerprint density at radius 3 is 2.35 bits per heavy atom. The maximum Gasteiger partial charge on any atom is 0.303 e. The Labute approximate surface area is 317 Å². The third-order valence-corrected chi connectivity index (χ3v) is 15.8. The van der Waals surface area contributed by atoms with E-state index < -0.39 is 73.2 Å². The van der Waals surface area contributed by atoms with E-state index in [9.17, 15) is 35.1 Å². The molecule has 21 atom stereocenters. The van der Waals surface area contributed by atoms with Crippen molar-refractivity contribution in [2.75, 3.05) is 19.8 Å². The monoisotopic (exact) mass is 766 g/mol. The van der Waals surface area contributed by atoms with Gasteiger partial charge in [0, 0.05) is 31.6 Å². The second kappa shape index (κ2) is 14.5. The van der Waals surface area contributed by atoms with E-state index in [2.05, 4.69) is 27.7 Å². The van der Waals surface area contributed by atoms with Crippen molar-refractivity contribution in [3.63, 3.8) is 0 Å². The number of carbonyl (C=O) groups excluding carboxylic acids is 2. The Morgan fingerprint density at radius 2 is 1.63 bits per heavy atom. The second-order valence-electron chi connectivity index (χ2n) is 18.8. The maximum absolute atomic E-state index is 14.2. The summed E-state index contributed by atoms with van der Waals surface area (Å²) in [6.45, 7) is 10.6. The Hall–Kier alpha value is -1.30. The third-order valence-electron chi connectivity index (χ3n) is 15.8. The largest absolute Gasteiger partial charge is 0.454 e. The Bertz CT molecular complexity index is 1400. The molecule has 4 saturated carbocycles. The Balaban J connectivity index is 0.906. The van der Waals surface area contributed by atoms with Crippen LogP contribution in [0.2, 0.25) is 0 Å². The lowest BCUT2D eigenvalue weighted by atomic mass is 9.44. The SMILES string of the molecule is CC(=O)O[C@H]1[C@H](OC[C@H]2O[C@@H](O[C@H]3CC[C@@]4(C)[C@H](C3)C(=O)C[C@@H]3[C@@H]4CC[C@]4(C)[C@@H]5[C@H](C[C@@H]34)O[C@]3(CC[C@@H](C)CO3)[C@H]5C)[C@H](O)[C@@H](O)[C@@H]2O)OC[C@H](O)[C@@H]1O. The van der Waals surface area contributed by atoms with Crippen LogP contribution in [0.25, 0.3) is 0 Å². The van der Waals surface area contributed by atoms with Crippen LogP contribution >= 0.6 is 0 Å². The van der Waals surface area contributed by atoms with Crippen molar-refractivity contribution in [3.05, 3.63) is 0 Å². The molecule has 0 amide bonds. The van der Waals surface area contributed by atoms with Gasteiger partial charge in [0.1, 0.15) is 42.4 Å². The number of aliphatic hydroxyl groups is 5. The summed E-state index contributed by atoms with van der Waals surface area (Å²) in [5, 5.41) is 52.9. The van der Waals surface area contributed by atoms with E-state index in [1.54, 1.807) is 0 Å². The lowest BCUT2D eigenvalue weighted by Gasteiger charge is -2.60. The van der Waals surface area contributed by atoms with E-state index in [-0.39, 0.29) is 41.8 Å². The first-order chi connectivity index (χ1) is 25.6. The van der Waals surface area contributed by atoms with E-state index in [0.29, 0.717) is 54.8 Å². The molecule has 0 aromatic rings. The van der Waals surface area contributed by atoms with E-state index in [1.165, 1.54) is 0 Å². The number of carbonyl (C=O) groups is 2. The van der Waals surface area contributed by atoms with Crippen LogP contribution < -0.4 is 0 Å². The molecule has 14 nitrogen and oxygen atoms in total. The van der Waals surface area contributed by atoms with Gasteiger partial charge in [-0.05, 0) is 85.4 Å². The summed E-state index contributed by atoms with van der Waals surface area (Å²) in [4.78, 5) is 25.9. The predicted molar refractivity (Wildman–Crippen MR) is 187 cm³/mol. The smallest absolute Gasteiger partial charge is 0.303 e. The zero-order valence-corrected chi connectivity index (χ0v) is 32.3. The summed E-state index contributed by atoms with van der Waals surface area (Å²) in [7, 11) is 0. The van der Waals surface area contributed by atoms with Gasteiger partial charge in [-0.3, -0.25) is 9.59 Å². The minimum atomic E-state index is -1.62. The molecule has 0 bridgehead atoms. The van der Waals surface area contributed by atoms with Gasteiger partial charge in [-0.2, -0.15) is 0 Å². The lowest BCUT2D eigenvalue weighted by Crippen LogP contribution is -2.61. The number of ether oxygens (including phenoxy) is 7. The van der Waals surface area contributed by atoms with Crippen LogP contribution in [-0.4, -0.2) is 130 Å². The highest BCUT2D eigenvalue weighted by molar-refractivity contribution is 5.83. The van der Waals surface area contributed by atoms with Crippen LogP contribution in [0, 0.1) is 52.3 Å². The van der Waals surface area contributed by atoms with Gasteiger partial charge in [0.15, 0.2) is 24.5 Å². The summed E-state index contributed by atoms with van der Waals surface area (Å²) in [6.07, 6.45) is -5.09. The maximum atomic E-state index is 14.2. The van der Waals surface area contributed by atoms with Crippen molar-refractivity contribution in [1.82, 2.24) is 0 Å². The van der Waals surface area contributed by atoms with Crippen LogP contribution in [0.5, 0.6) is 0 Å². The molecule has 4 saturated heterocycles. The highest BCUT2D eigenvalue weighted by atomic mass is 16.7. The van der Waals surface area contributed by atoms with Crippen LogP contribution in [0.4, 0.5) is 0 Å². The molecule has 8 rings (SSSR count). The molecule has 0 radical (unpaired) electrons. The van der Waals surface area contributed by atoms with Gasteiger partial charge in [-0.25, -0.2) is 0 Å². The first-order valence-corrected chi connectivity index (χ1v) is 20.5.